The van der Waals surface area contributed by atoms with Crippen molar-refractivity contribution >= 4 is 16.4 Å². The highest BCUT2D eigenvalue weighted by atomic mass is 32.2. The van der Waals surface area contributed by atoms with Crippen LogP contribution in [0.1, 0.15) is 10.4 Å². The summed E-state index contributed by atoms with van der Waals surface area (Å²) in [6.45, 7) is -0.0391. The molecule has 0 atom stereocenters. The molecule has 0 fully saturated rings. The molecule has 1 aliphatic rings. The zero-order chi connectivity index (χ0) is 11.1. The molecule has 0 aromatic heterocycles. The maximum absolute atomic E-state index is 10.9. The second-order valence-electron chi connectivity index (χ2n) is 2.84. The third-order valence-electron chi connectivity index (χ3n) is 1.91. The van der Waals surface area contributed by atoms with E-state index in [1.807, 2.05) is 0 Å². The molecule has 0 bridgehead atoms. The summed E-state index contributed by atoms with van der Waals surface area (Å²) in [6.07, 6.45) is 0.324. The molecule has 1 heterocycles. The monoisotopic (exact) mass is 230 g/mol. The number of carbonyl (C=O) groups is 1. The van der Waals surface area contributed by atoms with Gasteiger partial charge in [0.05, 0.1) is 0 Å². The molecule has 0 saturated carbocycles. The van der Waals surface area contributed by atoms with Crippen molar-refractivity contribution in [2.24, 2.45) is 0 Å². The summed E-state index contributed by atoms with van der Waals surface area (Å²) in [5.74, 6) is 0.470. The number of aldehydes is 1. The molecule has 7 heteroatoms. The Labute approximate surface area is 85.2 Å². The number of rotatable bonds is 2. The summed E-state index contributed by atoms with van der Waals surface area (Å²) in [5, 5.41) is 0. The summed E-state index contributed by atoms with van der Waals surface area (Å²) >= 11 is 0. The van der Waals surface area contributed by atoms with E-state index >= 15 is 0 Å². The zero-order valence-electron chi connectivity index (χ0n) is 7.34. The van der Waals surface area contributed by atoms with Gasteiger partial charge in [-0.2, -0.15) is 8.42 Å². The quantitative estimate of drug-likeness (QED) is 0.586. The van der Waals surface area contributed by atoms with Crippen molar-refractivity contribution < 1.29 is 27.2 Å². The third-order valence-corrected chi connectivity index (χ3v) is 2.82. The maximum atomic E-state index is 10.9. The lowest BCUT2D eigenvalue weighted by atomic mass is 10.2. The van der Waals surface area contributed by atoms with Gasteiger partial charge < -0.3 is 9.47 Å². The highest BCUT2D eigenvalue weighted by molar-refractivity contribution is 7.86. The molecule has 6 nitrogen and oxygen atoms in total. The fourth-order valence-corrected chi connectivity index (χ4v) is 1.92. The second kappa shape index (κ2) is 3.21. The van der Waals surface area contributed by atoms with E-state index in [9.17, 15) is 13.2 Å². The molecule has 2 rings (SSSR count). The van der Waals surface area contributed by atoms with E-state index in [1.54, 1.807) is 0 Å². The van der Waals surface area contributed by atoms with Crippen molar-refractivity contribution in [1.82, 2.24) is 0 Å². The molecule has 0 amide bonds. The Morgan fingerprint density at radius 2 is 1.87 bits per heavy atom. The maximum Gasteiger partial charge on any atom is 0.295 e. The first kappa shape index (κ1) is 9.94. The molecule has 1 aliphatic heterocycles. The van der Waals surface area contributed by atoms with Crippen LogP contribution in [0.2, 0.25) is 0 Å². The van der Waals surface area contributed by atoms with Crippen LogP contribution in [0.5, 0.6) is 11.5 Å². The predicted octanol–water partition coefficient (Wildman–Crippen LogP) is 0.474. The second-order valence-corrected chi connectivity index (χ2v) is 4.23. The van der Waals surface area contributed by atoms with E-state index in [0.29, 0.717) is 6.29 Å². The number of hydrogen-bond acceptors (Lipinski definition) is 5. The van der Waals surface area contributed by atoms with Crippen molar-refractivity contribution in [3.05, 3.63) is 17.7 Å². The van der Waals surface area contributed by atoms with Crippen LogP contribution >= 0.6 is 0 Å². The molecule has 80 valence electrons. The average molecular weight is 230 g/mol. The lowest BCUT2D eigenvalue weighted by Gasteiger charge is -2.02. The van der Waals surface area contributed by atoms with Crippen LogP contribution in [-0.4, -0.2) is 26.0 Å². The smallest absolute Gasteiger partial charge is 0.295 e. The highest BCUT2D eigenvalue weighted by Crippen LogP contribution is 2.35. The van der Waals surface area contributed by atoms with Crippen LogP contribution in [-0.2, 0) is 10.1 Å². The van der Waals surface area contributed by atoms with Gasteiger partial charge in [0.2, 0.25) is 6.79 Å². The van der Waals surface area contributed by atoms with Gasteiger partial charge in [0, 0.05) is 11.6 Å². The molecule has 0 aliphatic carbocycles. The lowest BCUT2D eigenvalue weighted by Crippen LogP contribution is -2.02. The summed E-state index contributed by atoms with van der Waals surface area (Å²) in [7, 11) is -4.43. The van der Waals surface area contributed by atoms with E-state index in [4.69, 9.17) is 14.0 Å². The van der Waals surface area contributed by atoms with Crippen molar-refractivity contribution in [3.8, 4) is 11.5 Å². The molecular weight excluding hydrogens is 224 g/mol. The van der Waals surface area contributed by atoms with Crippen LogP contribution < -0.4 is 9.47 Å². The largest absolute Gasteiger partial charge is 0.454 e. The highest BCUT2D eigenvalue weighted by Gasteiger charge is 2.22. The first-order chi connectivity index (χ1) is 7.02. The summed E-state index contributed by atoms with van der Waals surface area (Å²) < 4.78 is 40.5. The van der Waals surface area contributed by atoms with Gasteiger partial charge in [-0.15, -0.1) is 0 Å². The standard InChI is InChI=1S/C8H6O6S/c9-3-5-1-6-7(14-4-13-6)2-8(5)15(10,11)12/h1-3H,4H2,(H,10,11,12). The minimum absolute atomic E-state index is 0.0391. The van der Waals surface area contributed by atoms with E-state index in [1.165, 1.54) is 6.07 Å². The number of ether oxygens (including phenoxy) is 2. The molecule has 0 spiro atoms. The minimum Gasteiger partial charge on any atom is -0.454 e. The Morgan fingerprint density at radius 3 is 2.40 bits per heavy atom. The molecule has 0 unspecified atom stereocenters. The molecule has 0 radical (unpaired) electrons. The normalized spacial score (nSPS) is 13.9. The van der Waals surface area contributed by atoms with Gasteiger partial charge >= 0.3 is 0 Å². The van der Waals surface area contributed by atoms with Gasteiger partial charge in [-0.1, -0.05) is 0 Å². The first-order valence-corrected chi connectivity index (χ1v) is 5.32. The predicted molar refractivity (Wildman–Crippen MR) is 47.8 cm³/mol. The van der Waals surface area contributed by atoms with Crippen LogP contribution in [0.15, 0.2) is 17.0 Å². The summed E-state index contributed by atoms with van der Waals surface area (Å²) in [4.78, 5) is 10.1. The van der Waals surface area contributed by atoms with Crippen LogP contribution in [0.4, 0.5) is 0 Å². The number of fused-ring (bicyclic) bond motifs is 1. The topological polar surface area (TPSA) is 89.9 Å². The molecule has 0 saturated heterocycles. The Balaban J connectivity index is 2.69. The van der Waals surface area contributed by atoms with Crippen LogP contribution in [0.3, 0.4) is 0 Å². The van der Waals surface area contributed by atoms with Crippen LogP contribution in [0.25, 0.3) is 0 Å². The zero-order valence-corrected chi connectivity index (χ0v) is 8.15. The Morgan fingerprint density at radius 1 is 1.27 bits per heavy atom. The first-order valence-electron chi connectivity index (χ1n) is 3.88. The molecular formula is C8H6O6S. The Kier molecular flexibility index (Phi) is 2.13. The average Bonchev–Trinajstić information content (AvgIpc) is 2.60. The van der Waals surface area contributed by atoms with E-state index in [2.05, 4.69) is 0 Å². The van der Waals surface area contributed by atoms with Gasteiger partial charge in [-0.3, -0.25) is 9.35 Å². The summed E-state index contributed by atoms with van der Waals surface area (Å²) in [6, 6.07) is 2.26. The van der Waals surface area contributed by atoms with Gasteiger partial charge in [0.15, 0.2) is 17.8 Å². The fourth-order valence-electron chi connectivity index (χ4n) is 1.25. The van der Waals surface area contributed by atoms with Crippen molar-refractivity contribution in [1.29, 1.82) is 0 Å². The lowest BCUT2D eigenvalue weighted by molar-refractivity contribution is 0.111. The number of hydrogen-bond donors (Lipinski definition) is 1. The number of carbonyl (C=O) groups excluding carboxylic acids is 1. The Bertz CT molecular complexity index is 518. The molecule has 1 N–H and O–H groups in total. The van der Waals surface area contributed by atoms with Gasteiger partial charge in [0.25, 0.3) is 10.1 Å². The van der Waals surface area contributed by atoms with Gasteiger partial charge in [-0.25, -0.2) is 0 Å². The van der Waals surface area contributed by atoms with Gasteiger partial charge in [-0.05, 0) is 6.07 Å². The Hall–Kier alpha value is -1.60. The van der Waals surface area contributed by atoms with Gasteiger partial charge in [0.1, 0.15) is 4.90 Å². The fraction of sp³-hybridized carbons (Fsp3) is 0.125. The minimum atomic E-state index is -4.43. The van der Waals surface area contributed by atoms with E-state index in [-0.39, 0.29) is 23.9 Å². The number of benzene rings is 1. The third kappa shape index (κ3) is 1.66. The van der Waals surface area contributed by atoms with Crippen molar-refractivity contribution in [2.45, 2.75) is 4.90 Å². The molecule has 1 aromatic carbocycles. The van der Waals surface area contributed by atoms with Crippen LogP contribution in [0, 0.1) is 0 Å². The summed E-state index contributed by atoms with van der Waals surface area (Å²) in [5.41, 5.74) is -0.165. The molecule has 1 aromatic rings. The van der Waals surface area contributed by atoms with E-state index < -0.39 is 15.0 Å². The molecule has 15 heavy (non-hydrogen) atoms. The SMILES string of the molecule is O=Cc1cc2c(cc1S(=O)(=O)O)OCO2. The van der Waals surface area contributed by atoms with E-state index in [0.717, 1.165) is 6.07 Å². The van der Waals surface area contributed by atoms with Crippen molar-refractivity contribution in [2.75, 3.05) is 6.79 Å². The van der Waals surface area contributed by atoms with Crippen molar-refractivity contribution in [3.63, 3.8) is 0 Å².